The van der Waals surface area contributed by atoms with Gasteiger partial charge in [0.1, 0.15) is 5.75 Å². The van der Waals surface area contributed by atoms with Crippen LogP contribution in [0.4, 0.5) is 5.69 Å². The molecule has 0 radical (unpaired) electrons. The molecule has 21 heavy (non-hydrogen) atoms. The minimum Gasteiger partial charge on any atom is -0.496 e. The first kappa shape index (κ1) is 15.5. The fourth-order valence-electron chi connectivity index (χ4n) is 1.95. The van der Waals surface area contributed by atoms with Gasteiger partial charge in [-0.15, -0.1) is 0 Å². The zero-order chi connectivity index (χ0) is 15.4. The fourth-order valence-corrected chi connectivity index (χ4v) is 2.35. The van der Waals surface area contributed by atoms with Crippen molar-refractivity contribution >= 4 is 34.9 Å². The van der Waals surface area contributed by atoms with Gasteiger partial charge in [0, 0.05) is 16.3 Å². The molecule has 0 aliphatic carbocycles. The lowest BCUT2D eigenvalue weighted by Crippen LogP contribution is -2.21. The Labute approximate surface area is 132 Å². The number of methoxy groups -OCH3 is 1. The summed E-state index contributed by atoms with van der Waals surface area (Å²) in [7, 11) is 1.47. The fraction of sp³-hybridized carbons (Fsp3) is 0.133. The molecule has 0 saturated carbocycles. The van der Waals surface area contributed by atoms with Gasteiger partial charge in [-0.05, 0) is 36.4 Å². The summed E-state index contributed by atoms with van der Waals surface area (Å²) in [5.74, 6) is -0.646. The minimum absolute atomic E-state index is 0.322. The molecule has 0 amide bonds. The molecule has 0 spiro atoms. The second-order valence-electron chi connectivity index (χ2n) is 4.28. The van der Waals surface area contributed by atoms with Crippen molar-refractivity contribution in [3.63, 3.8) is 0 Å². The van der Waals surface area contributed by atoms with Crippen LogP contribution >= 0.6 is 23.2 Å². The molecule has 0 aliphatic rings. The van der Waals surface area contributed by atoms with Gasteiger partial charge >= 0.3 is 5.97 Å². The van der Waals surface area contributed by atoms with E-state index in [2.05, 4.69) is 5.32 Å². The SMILES string of the molecule is COc1cccc(Cl)c1C(Nc1ccc(Cl)cc1)C(=O)O. The highest BCUT2D eigenvalue weighted by Crippen LogP contribution is 2.34. The molecule has 2 aromatic rings. The molecule has 2 rings (SSSR count). The molecule has 0 heterocycles. The molecule has 2 aromatic carbocycles. The number of anilines is 1. The van der Waals surface area contributed by atoms with Gasteiger partial charge in [0.25, 0.3) is 0 Å². The van der Waals surface area contributed by atoms with Crippen LogP contribution < -0.4 is 10.1 Å². The van der Waals surface area contributed by atoms with E-state index in [0.717, 1.165) is 0 Å². The first-order valence-electron chi connectivity index (χ1n) is 6.10. The number of carboxylic acids is 1. The lowest BCUT2D eigenvalue weighted by Gasteiger charge is -2.20. The third-order valence-corrected chi connectivity index (χ3v) is 3.51. The van der Waals surface area contributed by atoms with Crippen molar-refractivity contribution in [2.45, 2.75) is 6.04 Å². The zero-order valence-electron chi connectivity index (χ0n) is 11.1. The number of carbonyl (C=O) groups is 1. The predicted octanol–water partition coefficient (Wildman–Crippen LogP) is 4.24. The Kier molecular flexibility index (Phi) is 4.94. The third-order valence-electron chi connectivity index (χ3n) is 2.92. The van der Waals surface area contributed by atoms with Gasteiger partial charge in [0.2, 0.25) is 0 Å². The molecule has 2 N–H and O–H groups in total. The number of hydrogen-bond acceptors (Lipinski definition) is 3. The maximum Gasteiger partial charge on any atom is 0.331 e. The average molecular weight is 326 g/mol. The molecule has 1 atom stereocenters. The van der Waals surface area contributed by atoms with E-state index >= 15 is 0 Å². The van der Waals surface area contributed by atoms with Gasteiger partial charge in [0.15, 0.2) is 6.04 Å². The molecular weight excluding hydrogens is 313 g/mol. The highest BCUT2D eigenvalue weighted by atomic mass is 35.5. The van der Waals surface area contributed by atoms with Gasteiger partial charge in [-0.1, -0.05) is 29.3 Å². The van der Waals surface area contributed by atoms with Crippen LogP contribution in [-0.2, 0) is 4.79 Å². The van der Waals surface area contributed by atoms with E-state index in [4.69, 9.17) is 27.9 Å². The summed E-state index contributed by atoms with van der Waals surface area (Å²) in [6, 6.07) is 10.7. The summed E-state index contributed by atoms with van der Waals surface area (Å²) >= 11 is 11.9. The summed E-state index contributed by atoms with van der Waals surface area (Å²) in [5, 5.41) is 13.3. The largest absolute Gasteiger partial charge is 0.496 e. The van der Waals surface area contributed by atoms with Crippen LogP contribution in [0, 0.1) is 0 Å². The van der Waals surface area contributed by atoms with Gasteiger partial charge in [-0.2, -0.15) is 0 Å². The monoisotopic (exact) mass is 325 g/mol. The molecule has 110 valence electrons. The lowest BCUT2D eigenvalue weighted by molar-refractivity contribution is -0.138. The Morgan fingerprint density at radius 3 is 2.43 bits per heavy atom. The van der Waals surface area contributed by atoms with Crippen LogP contribution in [0.25, 0.3) is 0 Å². The highest BCUT2D eigenvalue weighted by molar-refractivity contribution is 6.32. The summed E-state index contributed by atoms with van der Waals surface area (Å²) in [6.45, 7) is 0. The van der Waals surface area contributed by atoms with Crippen LogP contribution in [0.15, 0.2) is 42.5 Å². The number of nitrogens with one attached hydrogen (secondary N) is 1. The van der Waals surface area contributed by atoms with Gasteiger partial charge in [-0.25, -0.2) is 4.79 Å². The second-order valence-corrected chi connectivity index (χ2v) is 5.12. The molecule has 6 heteroatoms. The number of hydrogen-bond donors (Lipinski definition) is 2. The minimum atomic E-state index is -1.06. The van der Waals surface area contributed by atoms with E-state index in [0.29, 0.717) is 27.0 Å². The average Bonchev–Trinajstić information content (AvgIpc) is 2.46. The maximum absolute atomic E-state index is 11.6. The number of rotatable bonds is 5. The summed E-state index contributed by atoms with van der Waals surface area (Å²) < 4.78 is 5.21. The number of benzene rings is 2. The Morgan fingerprint density at radius 1 is 1.19 bits per heavy atom. The van der Waals surface area contributed by atoms with E-state index in [1.165, 1.54) is 7.11 Å². The normalized spacial score (nSPS) is 11.8. The van der Waals surface area contributed by atoms with Gasteiger partial charge in [0.05, 0.1) is 12.1 Å². The summed E-state index contributed by atoms with van der Waals surface area (Å²) in [5.41, 5.74) is 0.998. The topological polar surface area (TPSA) is 58.6 Å². The number of ether oxygens (including phenoxy) is 1. The molecule has 0 fully saturated rings. The van der Waals surface area contributed by atoms with Crippen molar-refractivity contribution in [3.05, 3.63) is 58.1 Å². The first-order valence-corrected chi connectivity index (χ1v) is 6.86. The molecule has 4 nitrogen and oxygen atoms in total. The lowest BCUT2D eigenvalue weighted by atomic mass is 10.0. The molecule has 1 unspecified atom stereocenters. The van der Waals surface area contributed by atoms with Gasteiger partial charge < -0.3 is 15.2 Å². The van der Waals surface area contributed by atoms with Crippen LogP contribution in [0.3, 0.4) is 0 Å². The highest BCUT2D eigenvalue weighted by Gasteiger charge is 2.26. The molecule has 0 aliphatic heterocycles. The van der Waals surface area contributed by atoms with E-state index in [1.807, 2.05) is 0 Å². The van der Waals surface area contributed by atoms with Crippen molar-refractivity contribution in [1.29, 1.82) is 0 Å². The Balaban J connectivity index is 2.40. The van der Waals surface area contributed by atoms with E-state index < -0.39 is 12.0 Å². The quantitative estimate of drug-likeness (QED) is 0.863. The molecular formula is C15H13Cl2NO3. The molecule has 0 aromatic heterocycles. The van der Waals surface area contributed by atoms with Crippen LogP contribution in [0.1, 0.15) is 11.6 Å². The Bertz CT molecular complexity index is 644. The van der Waals surface area contributed by atoms with E-state index in [-0.39, 0.29) is 0 Å². The van der Waals surface area contributed by atoms with Crippen molar-refractivity contribution in [3.8, 4) is 5.75 Å². The van der Waals surface area contributed by atoms with Crippen molar-refractivity contribution in [2.24, 2.45) is 0 Å². The van der Waals surface area contributed by atoms with Crippen molar-refractivity contribution in [2.75, 3.05) is 12.4 Å². The smallest absolute Gasteiger partial charge is 0.331 e. The van der Waals surface area contributed by atoms with E-state index in [9.17, 15) is 9.90 Å². The molecule has 0 saturated heterocycles. The predicted molar refractivity (Wildman–Crippen MR) is 83.5 cm³/mol. The first-order chi connectivity index (χ1) is 10.0. The Hall–Kier alpha value is -1.91. The second kappa shape index (κ2) is 6.70. The maximum atomic E-state index is 11.6. The zero-order valence-corrected chi connectivity index (χ0v) is 12.7. The van der Waals surface area contributed by atoms with E-state index in [1.54, 1.807) is 42.5 Å². The third kappa shape index (κ3) is 3.60. The van der Waals surface area contributed by atoms with Crippen molar-refractivity contribution < 1.29 is 14.6 Å². The number of carboxylic acid groups (broad SMARTS) is 1. The summed E-state index contributed by atoms with van der Waals surface area (Å²) in [4.78, 5) is 11.6. The Morgan fingerprint density at radius 2 is 1.86 bits per heavy atom. The number of halogens is 2. The summed E-state index contributed by atoms with van der Waals surface area (Å²) in [6.07, 6.45) is 0. The van der Waals surface area contributed by atoms with Gasteiger partial charge in [-0.3, -0.25) is 0 Å². The van der Waals surface area contributed by atoms with Crippen molar-refractivity contribution in [1.82, 2.24) is 0 Å². The van der Waals surface area contributed by atoms with Crippen LogP contribution in [0.2, 0.25) is 10.0 Å². The van der Waals surface area contributed by atoms with Crippen LogP contribution in [-0.4, -0.2) is 18.2 Å². The standard InChI is InChI=1S/C15H13Cl2NO3/c1-21-12-4-2-3-11(17)13(12)14(15(19)20)18-10-7-5-9(16)6-8-10/h2-8,14,18H,1H3,(H,19,20). The molecule has 0 bridgehead atoms. The van der Waals surface area contributed by atoms with Crippen LogP contribution in [0.5, 0.6) is 5.75 Å². The number of aliphatic carboxylic acids is 1.